The van der Waals surface area contributed by atoms with Gasteiger partial charge in [0.15, 0.2) is 0 Å². The Morgan fingerprint density at radius 2 is 1.88 bits per heavy atom. The largest absolute Gasteiger partial charge is 0.310 e. The molecule has 1 atom stereocenters. The van der Waals surface area contributed by atoms with E-state index in [1.807, 2.05) is 31.2 Å². The lowest BCUT2D eigenvalue weighted by Gasteiger charge is -2.24. The minimum absolute atomic E-state index is 0.135. The summed E-state index contributed by atoms with van der Waals surface area (Å²) in [5.41, 5.74) is 3.36. The summed E-state index contributed by atoms with van der Waals surface area (Å²) in [4.78, 5) is 12.2. The Morgan fingerprint density at radius 3 is 2.62 bits per heavy atom. The van der Waals surface area contributed by atoms with Crippen molar-refractivity contribution in [1.29, 1.82) is 0 Å². The zero-order chi connectivity index (χ0) is 16.7. The fourth-order valence-electron chi connectivity index (χ4n) is 3.14. The van der Waals surface area contributed by atoms with Crippen molar-refractivity contribution in [2.75, 3.05) is 5.32 Å². The molecule has 0 fully saturated rings. The molecule has 1 unspecified atom stereocenters. The molecule has 1 N–H and O–H groups in total. The Morgan fingerprint density at radius 1 is 1.12 bits per heavy atom. The van der Waals surface area contributed by atoms with Crippen LogP contribution in [0.15, 0.2) is 54.7 Å². The number of aryl methyl sites for hydroxylation is 1. The van der Waals surface area contributed by atoms with Crippen molar-refractivity contribution in [3.05, 3.63) is 77.2 Å². The number of fused-ring (bicyclic) bond motifs is 1. The van der Waals surface area contributed by atoms with Crippen LogP contribution in [0.25, 0.3) is 5.69 Å². The second-order valence-corrected chi connectivity index (χ2v) is 6.02. The molecule has 5 heteroatoms. The van der Waals surface area contributed by atoms with Crippen LogP contribution in [0.3, 0.4) is 0 Å². The minimum Gasteiger partial charge on any atom is -0.310 e. The van der Waals surface area contributed by atoms with Crippen LogP contribution in [-0.2, 0) is 4.79 Å². The van der Waals surface area contributed by atoms with Crippen LogP contribution in [0, 0.1) is 12.7 Å². The maximum Gasteiger partial charge on any atom is 0.226 e. The van der Waals surface area contributed by atoms with E-state index in [9.17, 15) is 9.18 Å². The molecule has 1 aromatic heterocycles. The van der Waals surface area contributed by atoms with Crippen molar-refractivity contribution in [3.8, 4) is 5.69 Å². The summed E-state index contributed by atoms with van der Waals surface area (Å²) in [6.07, 6.45) is 1.93. The third kappa shape index (κ3) is 2.38. The molecule has 0 spiro atoms. The summed E-state index contributed by atoms with van der Waals surface area (Å²) in [7, 11) is 0. The molecule has 1 aliphatic heterocycles. The number of anilines is 1. The first-order chi connectivity index (χ1) is 11.6. The van der Waals surface area contributed by atoms with Crippen LogP contribution in [0.2, 0.25) is 0 Å². The fourth-order valence-corrected chi connectivity index (χ4v) is 3.14. The summed E-state index contributed by atoms with van der Waals surface area (Å²) in [6.45, 7) is 2.01. The van der Waals surface area contributed by atoms with Crippen molar-refractivity contribution in [3.63, 3.8) is 0 Å². The number of hydrogen-bond donors (Lipinski definition) is 1. The van der Waals surface area contributed by atoms with Gasteiger partial charge in [0, 0.05) is 17.9 Å². The Kier molecular flexibility index (Phi) is 3.41. The summed E-state index contributed by atoms with van der Waals surface area (Å²) in [5, 5.41) is 7.30. The van der Waals surface area contributed by atoms with Crippen molar-refractivity contribution < 1.29 is 9.18 Å². The van der Waals surface area contributed by atoms with Gasteiger partial charge in [-0.1, -0.05) is 35.9 Å². The second kappa shape index (κ2) is 5.60. The molecular weight excluding hydrogens is 305 g/mol. The second-order valence-electron chi connectivity index (χ2n) is 6.02. The molecule has 4 rings (SSSR count). The first-order valence-electron chi connectivity index (χ1n) is 7.83. The number of carbonyl (C=O) groups is 1. The molecule has 1 aliphatic rings. The highest BCUT2D eigenvalue weighted by Crippen LogP contribution is 2.38. The Hall–Kier alpha value is -2.95. The first-order valence-corrected chi connectivity index (χ1v) is 7.83. The average Bonchev–Trinajstić information content (AvgIpc) is 2.99. The van der Waals surface area contributed by atoms with E-state index in [4.69, 9.17) is 0 Å². The molecule has 2 aromatic carbocycles. The number of nitrogens with one attached hydrogen (secondary N) is 1. The average molecular weight is 321 g/mol. The van der Waals surface area contributed by atoms with E-state index in [2.05, 4.69) is 10.4 Å². The van der Waals surface area contributed by atoms with Gasteiger partial charge in [0.1, 0.15) is 11.6 Å². The van der Waals surface area contributed by atoms with E-state index in [1.165, 1.54) is 6.07 Å². The van der Waals surface area contributed by atoms with Crippen LogP contribution < -0.4 is 5.32 Å². The quantitative estimate of drug-likeness (QED) is 0.780. The summed E-state index contributed by atoms with van der Waals surface area (Å²) in [6, 6.07) is 14.5. The Bertz CT molecular complexity index is 915. The third-order valence-corrected chi connectivity index (χ3v) is 4.38. The molecule has 3 aromatic rings. The van der Waals surface area contributed by atoms with E-state index in [0.717, 1.165) is 16.8 Å². The molecule has 1 amide bonds. The number of hydrogen-bond acceptors (Lipinski definition) is 2. The zero-order valence-electron chi connectivity index (χ0n) is 13.2. The number of benzene rings is 2. The van der Waals surface area contributed by atoms with Crippen LogP contribution in [0.5, 0.6) is 0 Å². The van der Waals surface area contributed by atoms with Gasteiger partial charge in [-0.2, -0.15) is 5.10 Å². The van der Waals surface area contributed by atoms with Crippen LogP contribution in [0.1, 0.15) is 29.0 Å². The lowest BCUT2D eigenvalue weighted by atomic mass is 9.87. The smallest absolute Gasteiger partial charge is 0.226 e. The molecule has 24 heavy (non-hydrogen) atoms. The lowest BCUT2D eigenvalue weighted by Crippen LogP contribution is -2.25. The van der Waals surface area contributed by atoms with Crippen molar-refractivity contribution in [1.82, 2.24) is 9.78 Å². The highest BCUT2D eigenvalue weighted by Gasteiger charge is 2.31. The van der Waals surface area contributed by atoms with Gasteiger partial charge in [-0.3, -0.25) is 4.79 Å². The molecule has 0 saturated heterocycles. The number of nitrogens with zero attached hydrogens (tertiary/aromatic N) is 2. The summed E-state index contributed by atoms with van der Waals surface area (Å²) >= 11 is 0. The number of halogens is 1. The van der Waals surface area contributed by atoms with Gasteiger partial charge in [0.05, 0.1) is 11.9 Å². The van der Waals surface area contributed by atoms with Crippen LogP contribution >= 0.6 is 0 Å². The molecule has 0 saturated carbocycles. The SMILES string of the molecule is Cc1ccc(-n2ncc3c2NC(=O)CC3c2ccccc2F)cc1. The lowest BCUT2D eigenvalue weighted by molar-refractivity contribution is -0.116. The predicted molar refractivity (Wildman–Crippen MR) is 89.8 cm³/mol. The van der Waals surface area contributed by atoms with Crippen LogP contribution in [-0.4, -0.2) is 15.7 Å². The molecule has 4 nitrogen and oxygen atoms in total. The molecule has 120 valence electrons. The van der Waals surface area contributed by atoms with Gasteiger partial charge < -0.3 is 5.32 Å². The van der Waals surface area contributed by atoms with Crippen molar-refractivity contribution >= 4 is 11.7 Å². The number of rotatable bonds is 2. The van der Waals surface area contributed by atoms with Gasteiger partial charge >= 0.3 is 0 Å². The summed E-state index contributed by atoms with van der Waals surface area (Å²) in [5.74, 6) is -0.145. The topological polar surface area (TPSA) is 46.9 Å². The van der Waals surface area contributed by atoms with Crippen molar-refractivity contribution in [2.24, 2.45) is 0 Å². The normalized spacial score (nSPS) is 16.6. The molecule has 0 aliphatic carbocycles. The van der Waals surface area contributed by atoms with Crippen LogP contribution in [0.4, 0.5) is 10.2 Å². The molecule has 2 heterocycles. The van der Waals surface area contributed by atoms with Gasteiger partial charge in [0.25, 0.3) is 0 Å². The Labute approximate surface area is 138 Å². The monoisotopic (exact) mass is 321 g/mol. The Balaban J connectivity index is 1.83. The first kappa shape index (κ1) is 14.6. The highest BCUT2D eigenvalue weighted by molar-refractivity contribution is 5.94. The summed E-state index contributed by atoms with van der Waals surface area (Å²) < 4.78 is 15.9. The molecular formula is C19H16FN3O. The minimum atomic E-state index is -0.325. The van der Waals surface area contributed by atoms with Crippen molar-refractivity contribution in [2.45, 2.75) is 19.3 Å². The number of amides is 1. The van der Waals surface area contributed by atoms with Gasteiger partial charge in [-0.15, -0.1) is 0 Å². The highest BCUT2D eigenvalue weighted by atomic mass is 19.1. The predicted octanol–water partition coefficient (Wildman–Crippen LogP) is 3.79. The standard InChI is InChI=1S/C19H16FN3O/c1-12-6-8-13(9-7-12)23-19-16(11-21-23)15(10-18(24)22-19)14-4-2-3-5-17(14)20/h2-9,11,15H,10H2,1H3,(H,22,24). The van der Waals surface area contributed by atoms with Gasteiger partial charge in [0.2, 0.25) is 5.91 Å². The maximum atomic E-state index is 14.2. The van der Waals surface area contributed by atoms with Gasteiger partial charge in [-0.25, -0.2) is 9.07 Å². The van der Waals surface area contributed by atoms with E-state index in [0.29, 0.717) is 11.4 Å². The number of carbonyl (C=O) groups excluding carboxylic acids is 1. The van der Waals surface area contributed by atoms with E-state index in [1.54, 1.807) is 29.1 Å². The van der Waals surface area contributed by atoms with Gasteiger partial charge in [-0.05, 0) is 30.7 Å². The molecule has 0 radical (unpaired) electrons. The fraction of sp³-hybridized carbons (Fsp3) is 0.158. The van der Waals surface area contributed by atoms with E-state index < -0.39 is 0 Å². The maximum absolute atomic E-state index is 14.2. The zero-order valence-corrected chi connectivity index (χ0v) is 13.2. The number of aromatic nitrogens is 2. The van der Waals surface area contributed by atoms with E-state index in [-0.39, 0.29) is 24.1 Å². The molecule has 0 bridgehead atoms. The van der Waals surface area contributed by atoms with E-state index >= 15 is 0 Å². The third-order valence-electron chi connectivity index (χ3n) is 4.38.